The van der Waals surface area contributed by atoms with Crippen molar-refractivity contribution in [3.05, 3.63) is 42.1 Å². The molecule has 1 N–H and O–H groups in total. The molecule has 4 nitrogen and oxygen atoms in total. The zero-order chi connectivity index (χ0) is 13.2. The zero-order valence-corrected chi connectivity index (χ0v) is 11.5. The lowest BCUT2D eigenvalue weighted by Crippen LogP contribution is -1.91. The quantitative estimate of drug-likeness (QED) is 0.788. The maximum atomic E-state index is 5.03. The molecule has 5 heteroatoms. The van der Waals surface area contributed by atoms with Crippen LogP contribution in [0.2, 0.25) is 0 Å². The van der Waals surface area contributed by atoms with Gasteiger partial charge in [0.2, 0.25) is 5.88 Å². The van der Waals surface area contributed by atoms with Gasteiger partial charge in [-0.15, -0.1) is 0 Å². The van der Waals surface area contributed by atoms with Crippen LogP contribution in [-0.4, -0.2) is 17.1 Å². The lowest BCUT2D eigenvalue weighted by molar-refractivity contribution is 0.398. The van der Waals surface area contributed by atoms with Crippen LogP contribution >= 0.6 is 11.3 Å². The first-order chi connectivity index (χ1) is 9.24. The fraction of sp³-hybridized carbons (Fsp3) is 0.143. The molecule has 0 aliphatic carbocycles. The van der Waals surface area contributed by atoms with Gasteiger partial charge in [0, 0.05) is 6.07 Å². The highest BCUT2D eigenvalue weighted by molar-refractivity contribution is 7.22. The highest BCUT2D eigenvalue weighted by Crippen LogP contribution is 2.28. The topological polar surface area (TPSA) is 47.0 Å². The van der Waals surface area contributed by atoms with E-state index in [1.54, 1.807) is 24.6 Å². The van der Waals surface area contributed by atoms with Gasteiger partial charge in [-0.2, -0.15) is 0 Å². The van der Waals surface area contributed by atoms with E-state index in [2.05, 4.69) is 40.4 Å². The average Bonchev–Trinajstić information content (AvgIpc) is 2.81. The Labute approximate surface area is 115 Å². The molecular weight excluding hydrogens is 258 g/mol. The number of thiazole rings is 1. The number of benzene rings is 1. The van der Waals surface area contributed by atoms with Crippen LogP contribution in [0.4, 0.5) is 10.8 Å². The predicted octanol–water partition coefficient (Wildman–Crippen LogP) is 3.75. The molecule has 96 valence electrons. The van der Waals surface area contributed by atoms with Gasteiger partial charge in [-0.3, -0.25) is 0 Å². The Morgan fingerprint density at radius 1 is 1.21 bits per heavy atom. The second kappa shape index (κ2) is 4.85. The van der Waals surface area contributed by atoms with E-state index in [0.29, 0.717) is 5.88 Å². The molecule has 0 aliphatic heterocycles. The second-order valence-corrected chi connectivity index (χ2v) is 5.24. The molecule has 3 aromatic rings. The number of ether oxygens (including phenoxy) is 1. The minimum Gasteiger partial charge on any atom is -0.481 e. The molecule has 0 fully saturated rings. The van der Waals surface area contributed by atoms with Crippen LogP contribution in [0.1, 0.15) is 5.56 Å². The highest BCUT2D eigenvalue weighted by Gasteiger charge is 2.04. The molecule has 0 aliphatic rings. The van der Waals surface area contributed by atoms with Crippen molar-refractivity contribution in [1.29, 1.82) is 0 Å². The number of anilines is 2. The molecule has 0 unspecified atom stereocenters. The third-order valence-electron chi connectivity index (χ3n) is 2.74. The first-order valence-corrected chi connectivity index (χ1v) is 6.70. The number of fused-ring (bicyclic) bond motifs is 1. The molecule has 0 radical (unpaired) electrons. The summed E-state index contributed by atoms with van der Waals surface area (Å²) in [7, 11) is 1.60. The van der Waals surface area contributed by atoms with Crippen LogP contribution < -0.4 is 10.1 Å². The summed E-state index contributed by atoms with van der Waals surface area (Å²) in [6, 6.07) is 10.0. The van der Waals surface area contributed by atoms with Crippen molar-refractivity contribution in [3.8, 4) is 5.88 Å². The largest absolute Gasteiger partial charge is 0.481 e. The van der Waals surface area contributed by atoms with Crippen molar-refractivity contribution in [2.45, 2.75) is 6.92 Å². The molecule has 0 saturated carbocycles. The van der Waals surface area contributed by atoms with E-state index >= 15 is 0 Å². The minimum atomic E-state index is 0.602. The monoisotopic (exact) mass is 271 g/mol. The normalized spacial score (nSPS) is 10.6. The number of nitrogens with one attached hydrogen (secondary N) is 1. The maximum Gasteiger partial charge on any atom is 0.213 e. The van der Waals surface area contributed by atoms with E-state index in [1.807, 2.05) is 12.1 Å². The van der Waals surface area contributed by atoms with Crippen molar-refractivity contribution in [1.82, 2.24) is 9.97 Å². The minimum absolute atomic E-state index is 0.602. The Morgan fingerprint density at radius 2 is 2.11 bits per heavy atom. The number of aryl methyl sites for hydroxylation is 1. The van der Waals surface area contributed by atoms with Gasteiger partial charge in [0.1, 0.15) is 0 Å². The Hall–Kier alpha value is -2.14. The molecule has 3 rings (SSSR count). The molecule has 0 bridgehead atoms. The van der Waals surface area contributed by atoms with Crippen molar-refractivity contribution >= 4 is 32.4 Å². The SMILES string of the molecule is COc1ccc(Nc2nc3cc(C)ccc3s2)cn1. The lowest BCUT2D eigenvalue weighted by atomic mass is 10.2. The number of rotatable bonds is 3. The van der Waals surface area contributed by atoms with E-state index in [9.17, 15) is 0 Å². The predicted molar refractivity (Wildman–Crippen MR) is 78.4 cm³/mol. The van der Waals surface area contributed by atoms with E-state index in [4.69, 9.17) is 4.74 Å². The number of nitrogens with zero attached hydrogens (tertiary/aromatic N) is 2. The summed E-state index contributed by atoms with van der Waals surface area (Å²) in [6.07, 6.45) is 1.73. The van der Waals surface area contributed by atoms with E-state index in [0.717, 1.165) is 16.3 Å². The Bertz CT molecular complexity index is 706. The van der Waals surface area contributed by atoms with E-state index < -0.39 is 0 Å². The molecule has 0 spiro atoms. The van der Waals surface area contributed by atoms with Crippen LogP contribution in [0.5, 0.6) is 5.88 Å². The molecule has 0 saturated heterocycles. The van der Waals surface area contributed by atoms with Crippen LogP contribution in [0.25, 0.3) is 10.2 Å². The third-order valence-corrected chi connectivity index (χ3v) is 3.69. The van der Waals surface area contributed by atoms with E-state index in [-0.39, 0.29) is 0 Å². The van der Waals surface area contributed by atoms with Crippen LogP contribution in [-0.2, 0) is 0 Å². The molecule has 2 aromatic heterocycles. The van der Waals surface area contributed by atoms with Crippen molar-refractivity contribution in [2.24, 2.45) is 0 Å². The van der Waals surface area contributed by atoms with Crippen molar-refractivity contribution < 1.29 is 4.74 Å². The number of pyridine rings is 1. The Morgan fingerprint density at radius 3 is 2.84 bits per heavy atom. The van der Waals surface area contributed by atoms with E-state index in [1.165, 1.54) is 10.3 Å². The lowest BCUT2D eigenvalue weighted by Gasteiger charge is -2.02. The average molecular weight is 271 g/mol. The molecule has 19 heavy (non-hydrogen) atoms. The number of hydrogen-bond donors (Lipinski definition) is 1. The van der Waals surface area contributed by atoms with Gasteiger partial charge >= 0.3 is 0 Å². The fourth-order valence-corrected chi connectivity index (χ4v) is 2.66. The van der Waals surface area contributed by atoms with Gasteiger partial charge in [0.25, 0.3) is 0 Å². The van der Waals surface area contributed by atoms with Gasteiger partial charge in [0.15, 0.2) is 5.13 Å². The second-order valence-electron chi connectivity index (χ2n) is 4.20. The zero-order valence-electron chi connectivity index (χ0n) is 10.7. The van der Waals surface area contributed by atoms with Gasteiger partial charge in [-0.25, -0.2) is 9.97 Å². The molecule has 1 aromatic carbocycles. The van der Waals surface area contributed by atoms with Gasteiger partial charge in [0.05, 0.1) is 29.2 Å². The van der Waals surface area contributed by atoms with Crippen molar-refractivity contribution in [2.75, 3.05) is 12.4 Å². The van der Waals surface area contributed by atoms with Gasteiger partial charge < -0.3 is 10.1 Å². The summed E-state index contributed by atoms with van der Waals surface area (Å²) in [6.45, 7) is 2.07. The third kappa shape index (κ3) is 2.51. The first-order valence-electron chi connectivity index (χ1n) is 5.89. The summed E-state index contributed by atoms with van der Waals surface area (Å²) >= 11 is 1.63. The first kappa shape index (κ1) is 11.9. The number of aromatic nitrogens is 2. The summed E-state index contributed by atoms with van der Waals surface area (Å²) in [5.74, 6) is 0.602. The van der Waals surface area contributed by atoms with Crippen LogP contribution in [0, 0.1) is 6.92 Å². The van der Waals surface area contributed by atoms with Gasteiger partial charge in [-0.05, 0) is 30.7 Å². The van der Waals surface area contributed by atoms with Gasteiger partial charge in [-0.1, -0.05) is 17.4 Å². The summed E-state index contributed by atoms with van der Waals surface area (Å²) < 4.78 is 6.20. The van der Waals surface area contributed by atoms with Crippen molar-refractivity contribution in [3.63, 3.8) is 0 Å². The molecule has 0 atom stereocenters. The maximum absolute atomic E-state index is 5.03. The number of hydrogen-bond acceptors (Lipinski definition) is 5. The highest BCUT2D eigenvalue weighted by atomic mass is 32.1. The summed E-state index contributed by atoms with van der Waals surface area (Å²) in [5.41, 5.74) is 3.14. The fourth-order valence-electron chi connectivity index (χ4n) is 1.79. The molecule has 2 heterocycles. The smallest absolute Gasteiger partial charge is 0.213 e. The summed E-state index contributed by atoms with van der Waals surface area (Å²) in [5, 5.41) is 4.12. The Kier molecular flexibility index (Phi) is 3.05. The summed E-state index contributed by atoms with van der Waals surface area (Å²) in [4.78, 5) is 8.71. The standard InChI is InChI=1S/C14H13N3OS/c1-9-3-5-12-11(7-9)17-14(19-12)16-10-4-6-13(18-2)15-8-10/h3-8H,1-2H3,(H,16,17). The Balaban J connectivity index is 1.87. The van der Waals surface area contributed by atoms with Crippen LogP contribution in [0.3, 0.4) is 0 Å². The molecular formula is C14H13N3OS. The van der Waals surface area contributed by atoms with Crippen LogP contribution in [0.15, 0.2) is 36.5 Å². The number of methoxy groups -OCH3 is 1. The molecule has 0 amide bonds.